The summed E-state index contributed by atoms with van der Waals surface area (Å²) in [5.41, 5.74) is 14.6. The fourth-order valence-corrected chi connectivity index (χ4v) is 2.82. The summed E-state index contributed by atoms with van der Waals surface area (Å²) in [5.74, 6) is 1.53. The molecule has 0 unspecified atom stereocenters. The van der Waals surface area contributed by atoms with E-state index in [0.29, 0.717) is 53.3 Å². The van der Waals surface area contributed by atoms with E-state index in [1.165, 1.54) is 0 Å². The number of aromatic nitrogens is 2. The second-order valence-electron chi connectivity index (χ2n) is 6.47. The molecule has 0 aliphatic carbocycles. The molecule has 2 amide bonds. The minimum atomic E-state index is -0.361. The van der Waals surface area contributed by atoms with Crippen molar-refractivity contribution in [3.8, 4) is 22.8 Å². The van der Waals surface area contributed by atoms with Gasteiger partial charge in [0.2, 0.25) is 5.95 Å². The number of nitrogens with one attached hydrogen (secondary N) is 3. The number of hydrogen-bond donors (Lipinski definition) is 5. The molecule has 3 aromatic rings. The Kier molecular flexibility index (Phi) is 7.07. The van der Waals surface area contributed by atoms with E-state index in [-0.39, 0.29) is 6.03 Å². The molecule has 0 fully saturated rings. The maximum Gasteiger partial charge on any atom is 0.319 e. The molecule has 7 N–H and O–H groups in total. The minimum absolute atomic E-state index is 0.353. The van der Waals surface area contributed by atoms with E-state index in [2.05, 4.69) is 25.9 Å². The van der Waals surface area contributed by atoms with Gasteiger partial charge in [-0.15, -0.1) is 0 Å². The second-order valence-corrected chi connectivity index (χ2v) is 6.47. The number of carbonyl (C=O) groups is 1. The summed E-state index contributed by atoms with van der Waals surface area (Å²) in [5, 5.41) is 8.52. The van der Waals surface area contributed by atoms with E-state index in [1.54, 1.807) is 56.8 Å². The SMILES string of the molecule is COc1cc(NC(=O)NCCN)cc(Nc2nccc(-c3ccc(OC)c(N)c3)n2)c1. The zero-order valence-electron chi connectivity index (χ0n) is 17.3. The Hall–Kier alpha value is -4.05. The number of methoxy groups -OCH3 is 2. The highest BCUT2D eigenvalue weighted by Gasteiger charge is 2.09. The summed E-state index contributed by atoms with van der Waals surface area (Å²) < 4.78 is 10.5. The topological polar surface area (TPSA) is 149 Å². The standard InChI is InChI=1S/C21H25N7O3/c1-30-16-11-14(10-15(12-16)27-21(29)25-8-6-22)26-20-24-7-5-18(28-20)13-3-4-19(31-2)17(23)9-13/h3-5,7,9-12H,6,8,22-23H2,1-2H3,(H,24,26,28)(H2,25,27,29). The van der Waals surface area contributed by atoms with Crippen molar-refractivity contribution in [3.63, 3.8) is 0 Å². The van der Waals surface area contributed by atoms with Crippen LogP contribution >= 0.6 is 0 Å². The van der Waals surface area contributed by atoms with Crippen LogP contribution < -0.4 is 36.9 Å². The van der Waals surface area contributed by atoms with E-state index < -0.39 is 0 Å². The number of urea groups is 1. The van der Waals surface area contributed by atoms with Gasteiger partial charge in [0.05, 0.1) is 25.6 Å². The van der Waals surface area contributed by atoms with Crippen molar-refractivity contribution in [1.29, 1.82) is 0 Å². The van der Waals surface area contributed by atoms with Gasteiger partial charge in [0.15, 0.2) is 0 Å². The number of amides is 2. The van der Waals surface area contributed by atoms with Gasteiger partial charge in [0.1, 0.15) is 11.5 Å². The monoisotopic (exact) mass is 423 g/mol. The highest BCUT2D eigenvalue weighted by atomic mass is 16.5. The smallest absolute Gasteiger partial charge is 0.319 e. The van der Waals surface area contributed by atoms with Gasteiger partial charge in [0, 0.05) is 48.4 Å². The van der Waals surface area contributed by atoms with E-state index in [9.17, 15) is 4.79 Å². The molecule has 0 aliphatic heterocycles. The van der Waals surface area contributed by atoms with Gasteiger partial charge < -0.3 is 36.9 Å². The lowest BCUT2D eigenvalue weighted by molar-refractivity contribution is 0.252. The fourth-order valence-electron chi connectivity index (χ4n) is 2.82. The Morgan fingerprint density at radius 2 is 1.87 bits per heavy atom. The van der Waals surface area contributed by atoms with Crippen LogP contribution in [0.4, 0.5) is 27.8 Å². The molecule has 0 saturated carbocycles. The minimum Gasteiger partial charge on any atom is -0.497 e. The van der Waals surface area contributed by atoms with Crippen LogP contribution in [0.25, 0.3) is 11.3 Å². The van der Waals surface area contributed by atoms with Crippen molar-refractivity contribution in [2.75, 3.05) is 43.7 Å². The predicted octanol–water partition coefficient (Wildman–Crippen LogP) is 2.57. The number of nitrogens with two attached hydrogens (primary N) is 2. The molecule has 0 bridgehead atoms. The van der Waals surface area contributed by atoms with Crippen molar-refractivity contribution in [2.24, 2.45) is 5.73 Å². The molecule has 31 heavy (non-hydrogen) atoms. The molecule has 1 heterocycles. The van der Waals surface area contributed by atoms with Crippen LogP contribution in [0.3, 0.4) is 0 Å². The number of hydrogen-bond acceptors (Lipinski definition) is 8. The van der Waals surface area contributed by atoms with Crippen LogP contribution in [0.1, 0.15) is 0 Å². The maximum atomic E-state index is 11.9. The van der Waals surface area contributed by atoms with Gasteiger partial charge in [-0.25, -0.2) is 14.8 Å². The highest BCUT2D eigenvalue weighted by molar-refractivity contribution is 5.90. The van der Waals surface area contributed by atoms with E-state index in [0.717, 1.165) is 5.56 Å². The average Bonchev–Trinajstić information content (AvgIpc) is 2.77. The Balaban J connectivity index is 1.82. The Labute approximate surface area is 180 Å². The molecular weight excluding hydrogens is 398 g/mol. The summed E-state index contributed by atoms with van der Waals surface area (Å²) in [6.07, 6.45) is 1.64. The molecule has 0 saturated heterocycles. The molecular formula is C21H25N7O3. The molecule has 1 aromatic heterocycles. The summed E-state index contributed by atoms with van der Waals surface area (Å²) in [7, 11) is 3.11. The first-order valence-electron chi connectivity index (χ1n) is 9.50. The lowest BCUT2D eigenvalue weighted by atomic mass is 10.1. The van der Waals surface area contributed by atoms with Gasteiger partial charge in [-0.1, -0.05) is 0 Å². The first kappa shape index (κ1) is 21.7. The summed E-state index contributed by atoms with van der Waals surface area (Å²) >= 11 is 0. The third-order valence-corrected chi connectivity index (χ3v) is 4.27. The lowest BCUT2D eigenvalue weighted by Crippen LogP contribution is -2.32. The Morgan fingerprint density at radius 3 is 2.58 bits per heavy atom. The molecule has 2 aromatic carbocycles. The molecule has 3 rings (SSSR count). The molecule has 0 atom stereocenters. The van der Waals surface area contributed by atoms with Crippen molar-refractivity contribution < 1.29 is 14.3 Å². The van der Waals surface area contributed by atoms with Crippen LogP contribution in [-0.2, 0) is 0 Å². The summed E-state index contributed by atoms with van der Waals surface area (Å²) in [6, 6.07) is 12.1. The van der Waals surface area contributed by atoms with E-state index in [4.69, 9.17) is 20.9 Å². The molecule has 0 radical (unpaired) electrons. The second kappa shape index (κ2) is 10.1. The predicted molar refractivity (Wildman–Crippen MR) is 121 cm³/mol. The summed E-state index contributed by atoms with van der Waals surface area (Å²) in [4.78, 5) is 20.8. The largest absolute Gasteiger partial charge is 0.497 e. The number of nitrogens with zero attached hydrogens (tertiary/aromatic N) is 2. The van der Waals surface area contributed by atoms with Crippen LogP contribution in [0.15, 0.2) is 48.7 Å². The van der Waals surface area contributed by atoms with Gasteiger partial charge in [-0.05, 0) is 30.3 Å². The van der Waals surface area contributed by atoms with Gasteiger partial charge in [-0.3, -0.25) is 0 Å². The van der Waals surface area contributed by atoms with Crippen LogP contribution in [0.2, 0.25) is 0 Å². The van der Waals surface area contributed by atoms with Gasteiger partial charge in [-0.2, -0.15) is 0 Å². The van der Waals surface area contributed by atoms with Crippen molar-refractivity contribution >= 4 is 29.0 Å². The van der Waals surface area contributed by atoms with E-state index in [1.807, 2.05) is 6.07 Å². The van der Waals surface area contributed by atoms with Crippen molar-refractivity contribution in [2.45, 2.75) is 0 Å². The number of rotatable bonds is 8. The van der Waals surface area contributed by atoms with Crippen LogP contribution in [0, 0.1) is 0 Å². The zero-order chi connectivity index (χ0) is 22.2. The molecule has 0 spiro atoms. The first-order valence-corrected chi connectivity index (χ1v) is 9.50. The number of benzene rings is 2. The number of ether oxygens (including phenoxy) is 2. The molecule has 10 nitrogen and oxygen atoms in total. The van der Waals surface area contributed by atoms with Crippen LogP contribution in [0.5, 0.6) is 11.5 Å². The van der Waals surface area contributed by atoms with E-state index >= 15 is 0 Å². The Morgan fingerprint density at radius 1 is 1.06 bits per heavy atom. The highest BCUT2D eigenvalue weighted by Crippen LogP contribution is 2.29. The van der Waals surface area contributed by atoms with Crippen molar-refractivity contribution in [1.82, 2.24) is 15.3 Å². The van der Waals surface area contributed by atoms with Crippen molar-refractivity contribution in [3.05, 3.63) is 48.7 Å². The summed E-state index contributed by atoms with van der Waals surface area (Å²) in [6.45, 7) is 0.725. The zero-order valence-corrected chi connectivity index (χ0v) is 17.3. The fraction of sp³-hybridized carbons (Fsp3) is 0.190. The number of anilines is 4. The first-order chi connectivity index (χ1) is 15.0. The third kappa shape index (κ3) is 5.73. The van der Waals surface area contributed by atoms with Gasteiger partial charge >= 0.3 is 6.03 Å². The molecule has 0 aliphatic rings. The number of nitrogen functional groups attached to an aromatic ring is 1. The Bertz CT molecular complexity index is 1060. The normalized spacial score (nSPS) is 10.3. The lowest BCUT2D eigenvalue weighted by Gasteiger charge is -2.12. The maximum absolute atomic E-state index is 11.9. The molecule has 162 valence electrons. The quantitative estimate of drug-likeness (QED) is 0.347. The third-order valence-electron chi connectivity index (χ3n) is 4.27. The average molecular weight is 423 g/mol. The van der Waals surface area contributed by atoms with Crippen LogP contribution in [-0.4, -0.2) is 43.3 Å². The van der Waals surface area contributed by atoms with Gasteiger partial charge in [0.25, 0.3) is 0 Å². The molecule has 10 heteroatoms. The number of carbonyl (C=O) groups excluding carboxylic acids is 1.